The predicted molar refractivity (Wildman–Crippen MR) is 93.9 cm³/mol. The zero-order chi connectivity index (χ0) is 15.9. The van der Waals surface area contributed by atoms with Crippen molar-refractivity contribution in [2.24, 2.45) is 0 Å². The zero-order valence-electron chi connectivity index (χ0n) is 12.7. The van der Waals surface area contributed by atoms with E-state index in [2.05, 4.69) is 7.63 Å². The molecule has 128 valence electrons. The normalized spacial score (nSPS) is 12.0. The Hall–Kier alpha value is 0.320. The summed E-state index contributed by atoms with van der Waals surface area (Å²) in [6.07, 6.45) is 0. The topological polar surface area (TPSA) is 90.6 Å². The molecular weight excluding hydrogens is 389 g/mol. The van der Waals surface area contributed by atoms with Crippen LogP contribution in [0.1, 0.15) is 0 Å². The largest absolute Gasteiger partial charge is 0.395 e. The first-order valence-electron chi connectivity index (χ1n) is 7.23. The Kier molecular flexibility index (Phi) is 15.5. The quantitative estimate of drug-likeness (QED) is 0.184. The second kappa shape index (κ2) is 15.2. The van der Waals surface area contributed by atoms with E-state index in [1.165, 1.54) is 0 Å². The second-order valence-corrected chi connectivity index (χ2v) is 6.65. The molecule has 0 aromatic rings. The average Bonchev–Trinajstić information content (AvgIpc) is 2.48. The van der Waals surface area contributed by atoms with E-state index < -0.39 is 0 Å². The van der Waals surface area contributed by atoms with Crippen molar-refractivity contribution in [1.82, 2.24) is 12.9 Å². The molecule has 0 aromatic heterocycles. The van der Waals surface area contributed by atoms with Gasteiger partial charge < -0.3 is 20.4 Å². The van der Waals surface area contributed by atoms with Gasteiger partial charge in [-0.3, -0.25) is 12.9 Å². The molecule has 0 atom stereocenters. The molecule has 21 heavy (non-hydrogen) atoms. The molecule has 0 aliphatic rings. The van der Waals surface area contributed by atoms with Crippen LogP contribution in [-0.4, -0.2) is 117 Å². The van der Waals surface area contributed by atoms with Gasteiger partial charge in [0.2, 0.25) is 0 Å². The van der Waals surface area contributed by atoms with Crippen LogP contribution < -0.4 is 0 Å². The lowest BCUT2D eigenvalue weighted by Gasteiger charge is -2.26. The van der Waals surface area contributed by atoms with Crippen LogP contribution in [0, 0.1) is 0 Å². The van der Waals surface area contributed by atoms with Crippen molar-refractivity contribution in [2.75, 3.05) is 78.8 Å². The van der Waals surface area contributed by atoms with Gasteiger partial charge in [0.25, 0.3) is 0 Å². The maximum atomic E-state index is 8.98. The summed E-state index contributed by atoms with van der Waals surface area (Å²) in [5, 5.41) is 35.9. The minimum atomic E-state index is -0.282. The zero-order valence-corrected chi connectivity index (χ0v) is 14.9. The van der Waals surface area contributed by atoms with Crippen LogP contribution >= 0.6 is 21.0 Å². The van der Waals surface area contributed by atoms with Crippen molar-refractivity contribution in [3.8, 4) is 0 Å². The van der Waals surface area contributed by atoms with Gasteiger partial charge in [0.1, 0.15) is 0 Å². The summed E-state index contributed by atoms with van der Waals surface area (Å²) < 4.78 is 6.32. The third kappa shape index (κ3) is 11.5. The Bertz CT molecular complexity index is 217. The fourth-order valence-electron chi connectivity index (χ4n) is 1.97. The van der Waals surface area contributed by atoms with E-state index in [1.54, 1.807) is 0 Å². The van der Waals surface area contributed by atoms with Gasteiger partial charge in [0.05, 0.1) is 26.4 Å². The molecule has 0 aliphatic carbocycles. The van der Waals surface area contributed by atoms with Gasteiger partial charge in [-0.25, -0.2) is 0 Å². The van der Waals surface area contributed by atoms with Gasteiger partial charge in [-0.15, -0.1) is 0 Å². The number of rotatable bonds is 15. The summed E-state index contributed by atoms with van der Waals surface area (Å²) in [7, 11) is 0. The fraction of sp³-hybridized carbons (Fsp3) is 0.923. The van der Waals surface area contributed by atoms with Gasteiger partial charge in [-0.2, -0.15) is 0 Å². The lowest BCUT2D eigenvalue weighted by atomic mass is 10.4. The number of nitrogens with zero attached hydrogens (tertiary/aromatic N) is 3. The van der Waals surface area contributed by atoms with E-state index in [4.69, 9.17) is 20.4 Å². The van der Waals surface area contributed by atoms with E-state index in [9.17, 15) is 0 Å². The van der Waals surface area contributed by atoms with Crippen molar-refractivity contribution in [3.05, 3.63) is 0 Å². The molecule has 0 amide bonds. The van der Waals surface area contributed by atoms with Gasteiger partial charge >= 0.3 is 0 Å². The van der Waals surface area contributed by atoms with Crippen molar-refractivity contribution in [2.45, 2.75) is 0 Å². The summed E-state index contributed by atoms with van der Waals surface area (Å²) in [6, 6.07) is 0. The highest BCUT2D eigenvalue weighted by Crippen LogP contribution is 2.05. The monoisotopic (exact) mass is 419 g/mol. The van der Waals surface area contributed by atoms with Crippen LogP contribution in [0.4, 0.5) is 0 Å². The standard InChI is InChI=1S/C13H30IN3O4/c1-14-17(4-2-15(6-10-18)7-11-19)5-3-16(8-12-20)9-13-21/h18-21H,1-13H2. The van der Waals surface area contributed by atoms with Crippen LogP contribution in [-0.2, 0) is 0 Å². The molecule has 8 heteroatoms. The first kappa shape index (κ1) is 21.3. The molecule has 0 saturated heterocycles. The third-order valence-electron chi connectivity index (χ3n) is 3.15. The summed E-state index contributed by atoms with van der Waals surface area (Å²) in [6.45, 7) is 6.02. The van der Waals surface area contributed by atoms with Gasteiger partial charge in [-0.05, 0) is 21.0 Å². The van der Waals surface area contributed by atoms with Crippen LogP contribution in [0.5, 0.6) is 0 Å². The van der Waals surface area contributed by atoms with Gasteiger partial charge in [-0.1, -0.05) is 4.51 Å². The van der Waals surface area contributed by atoms with E-state index in [-0.39, 0.29) is 47.4 Å². The Morgan fingerprint density at radius 2 is 0.905 bits per heavy atom. The first-order valence-corrected chi connectivity index (χ1v) is 9.72. The van der Waals surface area contributed by atoms with Crippen LogP contribution in [0.2, 0.25) is 0 Å². The third-order valence-corrected chi connectivity index (χ3v) is 5.08. The molecule has 0 bridgehead atoms. The van der Waals surface area contributed by atoms with Gasteiger partial charge in [0.15, 0.2) is 0 Å². The molecular formula is C13H30IN3O4. The molecule has 0 fully saturated rings. The number of hydrogen-bond donors (Lipinski definition) is 4. The smallest absolute Gasteiger partial charge is 0.0558 e. The van der Waals surface area contributed by atoms with Gasteiger partial charge in [0, 0.05) is 52.4 Å². The minimum Gasteiger partial charge on any atom is -0.395 e. The highest BCUT2D eigenvalue weighted by atomic mass is 127. The Labute approximate surface area is 137 Å². The highest BCUT2D eigenvalue weighted by Gasteiger charge is 2.09. The Morgan fingerprint density at radius 1 is 0.571 bits per heavy atom. The summed E-state index contributed by atoms with van der Waals surface area (Å²) in [5.41, 5.74) is 0. The molecule has 0 rings (SSSR count). The van der Waals surface area contributed by atoms with E-state index in [0.29, 0.717) is 26.2 Å². The van der Waals surface area contributed by atoms with E-state index in [0.717, 1.165) is 26.2 Å². The van der Waals surface area contributed by atoms with Crippen molar-refractivity contribution >= 4 is 25.5 Å². The summed E-state index contributed by atoms with van der Waals surface area (Å²) in [4.78, 5) is 4.07. The minimum absolute atomic E-state index is 0.0974. The van der Waals surface area contributed by atoms with E-state index >= 15 is 0 Å². The number of hydrogen-bond acceptors (Lipinski definition) is 7. The van der Waals surface area contributed by atoms with Crippen molar-refractivity contribution < 1.29 is 20.4 Å². The SMILES string of the molecule is C=IN(CCN(CCO)CCO)CCN(CCO)CCO. The number of halogens is 1. The lowest BCUT2D eigenvalue weighted by Crippen LogP contribution is -2.39. The molecule has 0 heterocycles. The fourth-order valence-corrected chi connectivity index (χ4v) is 3.08. The van der Waals surface area contributed by atoms with Crippen LogP contribution in [0.15, 0.2) is 0 Å². The predicted octanol–water partition coefficient (Wildman–Crippen LogP) is -1.82. The second-order valence-electron chi connectivity index (χ2n) is 4.61. The summed E-state index contributed by atoms with van der Waals surface area (Å²) >= 11 is -0.282. The first-order chi connectivity index (χ1) is 10.2. The summed E-state index contributed by atoms with van der Waals surface area (Å²) in [5.74, 6) is 0. The number of aliphatic hydroxyl groups is 4. The average molecular weight is 419 g/mol. The molecule has 0 aliphatic heterocycles. The Balaban J connectivity index is 4.09. The van der Waals surface area contributed by atoms with Crippen molar-refractivity contribution in [1.29, 1.82) is 0 Å². The lowest BCUT2D eigenvalue weighted by molar-refractivity contribution is 0.147. The molecule has 0 unspecified atom stereocenters. The highest BCUT2D eigenvalue weighted by molar-refractivity contribution is 14.2. The maximum Gasteiger partial charge on any atom is 0.0558 e. The van der Waals surface area contributed by atoms with Crippen LogP contribution in [0.25, 0.3) is 0 Å². The molecule has 0 radical (unpaired) electrons. The molecule has 0 aromatic carbocycles. The van der Waals surface area contributed by atoms with E-state index in [1.807, 2.05) is 9.80 Å². The molecule has 0 spiro atoms. The maximum absolute atomic E-state index is 8.98. The Morgan fingerprint density at radius 3 is 1.14 bits per heavy atom. The van der Waals surface area contributed by atoms with Crippen LogP contribution in [0.3, 0.4) is 0 Å². The van der Waals surface area contributed by atoms with Crippen molar-refractivity contribution in [3.63, 3.8) is 0 Å². The number of aliphatic hydroxyl groups excluding tert-OH is 4. The molecule has 4 N–H and O–H groups in total. The molecule has 7 nitrogen and oxygen atoms in total. The molecule has 0 saturated carbocycles.